The minimum Gasteiger partial charge on any atom is -0.430 e. The number of hydrogen-bond donors (Lipinski definition) is 1. The number of nitrogens with two attached hydrogens (primary N) is 1. The maximum Gasteiger partial charge on any atom is 0.412 e. The monoisotopic (exact) mass is 440 g/mol. The molecule has 0 radical (unpaired) electrons. The molecule has 0 spiro atoms. The molecule has 2 amide bonds. The van der Waals surface area contributed by atoms with Crippen LogP contribution in [0.5, 0.6) is 0 Å². The second kappa shape index (κ2) is 8.01. The summed E-state index contributed by atoms with van der Waals surface area (Å²) in [7, 11) is 0. The lowest BCUT2D eigenvalue weighted by molar-refractivity contribution is -0.118. The molecule has 2 N–H and O–H groups in total. The van der Waals surface area contributed by atoms with Gasteiger partial charge in [0, 0.05) is 21.2 Å². The van der Waals surface area contributed by atoms with Gasteiger partial charge in [-0.2, -0.15) is 0 Å². The molecule has 1 atom stereocenters. The van der Waals surface area contributed by atoms with Crippen molar-refractivity contribution >= 4 is 35.2 Å². The largest absolute Gasteiger partial charge is 0.430 e. The number of benzene rings is 3. The summed E-state index contributed by atoms with van der Waals surface area (Å²) < 4.78 is 6.07. The van der Waals surface area contributed by atoms with Crippen molar-refractivity contribution < 1.29 is 14.3 Å². The van der Waals surface area contributed by atoms with E-state index in [4.69, 9.17) is 33.7 Å². The van der Waals surface area contributed by atoms with Gasteiger partial charge in [0.2, 0.25) is 5.91 Å². The first kappa shape index (κ1) is 20.3. The second-order valence-corrected chi connectivity index (χ2v) is 7.90. The van der Waals surface area contributed by atoms with E-state index >= 15 is 0 Å². The van der Waals surface area contributed by atoms with Crippen LogP contribution < -0.4 is 5.73 Å². The van der Waals surface area contributed by atoms with E-state index in [0.29, 0.717) is 21.2 Å². The van der Waals surface area contributed by atoms with Crippen molar-refractivity contribution in [2.75, 3.05) is 6.54 Å². The zero-order chi connectivity index (χ0) is 21.3. The Morgan fingerprint density at radius 1 is 0.933 bits per heavy atom. The Hall–Kier alpha value is -3.02. The molecule has 3 aromatic carbocycles. The number of nitrogens with zero attached hydrogens (tertiary/aromatic N) is 1. The highest BCUT2D eigenvalue weighted by Crippen LogP contribution is 2.52. The maximum atomic E-state index is 13.1. The van der Waals surface area contributed by atoms with Crippen molar-refractivity contribution in [2.45, 2.75) is 11.6 Å². The van der Waals surface area contributed by atoms with Gasteiger partial charge in [-0.15, -0.1) is 0 Å². The van der Waals surface area contributed by atoms with E-state index in [1.54, 1.807) is 36.4 Å². The fraction of sp³-hybridized carbons (Fsp3) is 0.130. The first-order valence-electron chi connectivity index (χ1n) is 9.27. The van der Waals surface area contributed by atoms with Crippen LogP contribution in [0.15, 0.2) is 78.9 Å². The molecule has 1 fully saturated rings. The minimum absolute atomic E-state index is 0.290. The van der Waals surface area contributed by atoms with Crippen LogP contribution in [0.4, 0.5) is 4.79 Å². The molecule has 1 saturated heterocycles. The third-order valence-electron chi connectivity index (χ3n) is 5.13. The Morgan fingerprint density at radius 2 is 1.50 bits per heavy atom. The van der Waals surface area contributed by atoms with Gasteiger partial charge in [-0.25, -0.2) is 4.79 Å². The number of carbonyl (C=O) groups excluding carboxylic acids is 2. The second-order valence-electron chi connectivity index (χ2n) is 7.03. The van der Waals surface area contributed by atoms with Crippen molar-refractivity contribution in [1.29, 1.82) is 0 Å². The van der Waals surface area contributed by atoms with Gasteiger partial charge in [0.25, 0.3) is 0 Å². The Kier molecular flexibility index (Phi) is 5.41. The fourth-order valence-electron chi connectivity index (χ4n) is 3.99. The van der Waals surface area contributed by atoms with Crippen LogP contribution in [0.1, 0.15) is 22.7 Å². The van der Waals surface area contributed by atoms with Gasteiger partial charge in [0.05, 0.1) is 0 Å². The number of cyclic esters (lactones) is 1. The van der Waals surface area contributed by atoms with Crippen LogP contribution in [0, 0.1) is 0 Å². The molecule has 0 unspecified atom stereocenters. The topological polar surface area (TPSA) is 72.6 Å². The number of hydrogen-bond acceptors (Lipinski definition) is 3. The van der Waals surface area contributed by atoms with E-state index in [-0.39, 0.29) is 6.54 Å². The first-order chi connectivity index (χ1) is 14.4. The predicted octanol–water partition coefficient (Wildman–Crippen LogP) is 4.92. The average molecular weight is 441 g/mol. The molecule has 152 valence electrons. The SMILES string of the molecule is NC(=O)CN1C(=O)OC(c2cccc(Cl)c2)(c2cccc(Cl)c2)[C@@H]1c1ccccc1. The van der Waals surface area contributed by atoms with Gasteiger partial charge in [0.15, 0.2) is 5.60 Å². The Labute approximate surface area is 184 Å². The molecule has 4 rings (SSSR count). The van der Waals surface area contributed by atoms with Crippen molar-refractivity contribution in [3.63, 3.8) is 0 Å². The van der Waals surface area contributed by atoms with E-state index in [0.717, 1.165) is 5.56 Å². The highest BCUT2D eigenvalue weighted by molar-refractivity contribution is 6.31. The Balaban J connectivity index is 2.04. The summed E-state index contributed by atoms with van der Waals surface area (Å²) in [5, 5.41) is 0.982. The lowest BCUT2D eigenvalue weighted by Crippen LogP contribution is -2.41. The number of halogens is 2. The third kappa shape index (κ3) is 3.51. The number of primary amides is 1. The van der Waals surface area contributed by atoms with Crippen molar-refractivity contribution in [3.05, 3.63) is 106 Å². The highest BCUT2D eigenvalue weighted by Gasteiger charge is 2.57. The van der Waals surface area contributed by atoms with Crippen LogP contribution in [0.25, 0.3) is 0 Å². The van der Waals surface area contributed by atoms with E-state index in [1.165, 1.54) is 4.90 Å². The Morgan fingerprint density at radius 3 is 2.00 bits per heavy atom. The quantitative estimate of drug-likeness (QED) is 0.611. The number of amides is 2. The molecule has 3 aromatic rings. The smallest absolute Gasteiger partial charge is 0.412 e. The molecular weight excluding hydrogens is 423 g/mol. The molecule has 1 aliphatic heterocycles. The number of rotatable bonds is 5. The van der Waals surface area contributed by atoms with Crippen molar-refractivity contribution in [3.8, 4) is 0 Å². The summed E-state index contributed by atoms with van der Waals surface area (Å²) in [5.74, 6) is -0.638. The standard InChI is InChI=1S/C23H18Cl2N2O3/c24-18-10-4-8-16(12-18)23(17-9-5-11-19(25)13-17)21(15-6-2-1-3-7-15)27(14-20(26)28)22(29)30-23/h1-13,21H,14H2,(H2,26,28)/t21-/m0/s1. The maximum absolute atomic E-state index is 13.1. The summed E-state index contributed by atoms with van der Waals surface area (Å²) in [4.78, 5) is 26.2. The summed E-state index contributed by atoms with van der Waals surface area (Å²) in [6.07, 6.45) is -0.650. The average Bonchev–Trinajstić information content (AvgIpc) is 3.01. The van der Waals surface area contributed by atoms with Crippen LogP contribution in [0.3, 0.4) is 0 Å². The molecule has 5 nitrogen and oxygen atoms in total. The van der Waals surface area contributed by atoms with Gasteiger partial charge in [-0.3, -0.25) is 9.69 Å². The minimum atomic E-state index is -1.29. The Bertz CT molecular complexity index is 1060. The number of ether oxygens (including phenoxy) is 1. The van der Waals surface area contributed by atoms with E-state index in [2.05, 4.69) is 0 Å². The van der Waals surface area contributed by atoms with Gasteiger partial charge < -0.3 is 10.5 Å². The number of carbonyl (C=O) groups is 2. The zero-order valence-corrected chi connectivity index (χ0v) is 17.3. The van der Waals surface area contributed by atoms with Gasteiger partial charge in [0.1, 0.15) is 12.6 Å². The summed E-state index contributed by atoms with van der Waals surface area (Å²) in [6, 6.07) is 22.9. The first-order valence-corrected chi connectivity index (χ1v) is 10.0. The predicted molar refractivity (Wildman–Crippen MR) is 115 cm³/mol. The molecule has 0 aliphatic carbocycles. The highest BCUT2D eigenvalue weighted by atomic mass is 35.5. The summed E-state index contributed by atoms with van der Waals surface area (Å²) in [6.45, 7) is -0.290. The normalized spacial score (nSPS) is 17.6. The van der Waals surface area contributed by atoms with E-state index < -0.39 is 23.6 Å². The van der Waals surface area contributed by atoms with Gasteiger partial charge >= 0.3 is 6.09 Å². The molecule has 1 heterocycles. The van der Waals surface area contributed by atoms with Gasteiger partial charge in [-0.1, -0.05) is 77.8 Å². The summed E-state index contributed by atoms with van der Waals surface area (Å²) in [5.41, 5.74) is 6.27. The van der Waals surface area contributed by atoms with E-state index in [1.807, 2.05) is 42.5 Å². The van der Waals surface area contributed by atoms with E-state index in [9.17, 15) is 9.59 Å². The molecular formula is C23H18Cl2N2O3. The van der Waals surface area contributed by atoms with Crippen molar-refractivity contribution in [2.24, 2.45) is 5.73 Å². The molecule has 30 heavy (non-hydrogen) atoms. The lowest BCUT2D eigenvalue weighted by Gasteiger charge is -2.36. The van der Waals surface area contributed by atoms with Gasteiger partial charge in [-0.05, 0) is 29.8 Å². The molecule has 7 heteroatoms. The fourth-order valence-corrected chi connectivity index (χ4v) is 4.37. The molecule has 0 bridgehead atoms. The zero-order valence-electron chi connectivity index (χ0n) is 15.8. The van der Waals surface area contributed by atoms with Crippen LogP contribution in [-0.2, 0) is 15.1 Å². The molecule has 0 aromatic heterocycles. The van der Waals surface area contributed by atoms with Crippen LogP contribution in [0.2, 0.25) is 10.0 Å². The van der Waals surface area contributed by atoms with Crippen LogP contribution in [-0.4, -0.2) is 23.4 Å². The molecule has 1 aliphatic rings. The summed E-state index contributed by atoms with van der Waals surface area (Å²) >= 11 is 12.6. The van der Waals surface area contributed by atoms with Crippen molar-refractivity contribution in [1.82, 2.24) is 4.90 Å². The third-order valence-corrected chi connectivity index (χ3v) is 5.60. The lowest BCUT2D eigenvalue weighted by atomic mass is 9.77. The molecule has 0 saturated carbocycles. The van der Waals surface area contributed by atoms with Crippen LogP contribution >= 0.6 is 23.2 Å².